The summed E-state index contributed by atoms with van der Waals surface area (Å²) in [5.74, 6) is 1.04. The van der Waals surface area contributed by atoms with Crippen molar-refractivity contribution in [3.05, 3.63) is 47.5 Å². The van der Waals surface area contributed by atoms with E-state index in [1.165, 1.54) is 11.1 Å². The average molecular weight is 355 g/mol. The van der Waals surface area contributed by atoms with Crippen molar-refractivity contribution in [3.8, 4) is 0 Å². The fraction of sp³-hybridized carbons (Fsp3) is 0.500. The Morgan fingerprint density at radius 2 is 2.04 bits per heavy atom. The highest BCUT2D eigenvalue weighted by atomic mass is 16.2. The second-order valence-electron chi connectivity index (χ2n) is 6.79. The van der Waals surface area contributed by atoms with Crippen molar-refractivity contribution in [1.82, 2.24) is 19.8 Å². The lowest BCUT2D eigenvalue weighted by Crippen LogP contribution is -2.49. The molecule has 26 heavy (non-hydrogen) atoms. The number of amides is 1. The molecule has 2 heterocycles. The Labute approximate surface area is 155 Å². The Kier molecular flexibility index (Phi) is 6.06. The molecule has 2 aromatic rings. The third-order valence-corrected chi connectivity index (χ3v) is 5.12. The highest BCUT2D eigenvalue weighted by Crippen LogP contribution is 2.24. The van der Waals surface area contributed by atoms with Gasteiger partial charge in [-0.25, -0.2) is 4.98 Å². The summed E-state index contributed by atoms with van der Waals surface area (Å²) in [5, 5.41) is 6.59. The number of aryl methyl sites for hydroxylation is 3. The van der Waals surface area contributed by atoms with Gasteiger partial charge in [-0.15, -0.1) is 0 Å². The van der Waals surface area contributed by atoms with Crippen molar-refractivity contribution in [3.63, 3.8) is 0 Å². The lowest BCUT2D eigenvalue weighted by Gasteiger charge is -2.35. The predicted octanol–water partition coefficient (Wildman–Crippen LogP) is 2.13. The summed E-state index contributed by atoms with van der Waals surface area (Å²) in [6, 6.07) is 6.37. The van der Waals surface area contributed by atoms with Crippen molar-refractivity contribution in [1.29, 1.82) is 0 Å². The standard InChI is InChI=1S/C20H29N5O/c1-4-15-7-6-8-16(5-2)19(15)23-18(26)14-25-12-9-21-13-17(25)20-22-10-11-24(20)3/h6-8,10-11,17,21H,4-5,9,12-14H2,1-3H3,(H,23,26). The van der Waals surface area contributed by atoms with Gasteiger partial charge < -0.3 is 15.2 Å². The third-order valence-electron chi connectivity index (χ3n) is 5.12. The van der Waals surface area contributed by atoms with Crippen LogP contribution in [0.2, 0.25) is 0 Å². The van der Waals surface area contributed by atoms with E-state index in [0.29, 0.717) is 6.54 Å². The summed E-state index contributed by atoms with van der Waals surface area (Å²) < 4.78 is 2.03. The van der Waals surface area contributed by atoms with E-state index in [9.17, 15) is 4.79 Å². The van der Waals surface area contributed by atoms with Crippen LogP contribution in [0, 0.1) is 0 Å². The summed E-state index contributed by atoms with van der Waals surface area (Å²) in [6.45, 7) is 7.15. The average Bonchev–Trinajstić information content (AvgIpc) is 3.08. The van der Waals surface area contributed by atoms with Crippen LogP contribution < -0.4 is 10.6 Å². The third kappa shape index (κ3) is 3.97. The maximum atomic E-state index is 12.8. The Morgan fingerprint density at radius 3 is 2.65 bits per heavy atom. The summed E-state index contributed by atoms with van der Waals surface area (Å²) in [4.78, 5) is 19.5. The van der Waals surface area contributed by atoms with E-state index in [2.05, 4.69) is 52.6 Å². The van der Waals surface area contributed by atoms with Gasteiger partial charge in [-0.1, -0.05) is 32.0 Å². The smallest absolute Gasteiger partial charge is 0.238 e. The summed E-state index contributed by atoms with van der Waals surface area (Å²) >= 11 is 0. The normalized spacial score (nSPS) is 18.0. The number of nitrogens with one attached hydrogen (secondary N) is 2. The van der Waals surface area contributed by atoms with Crippen molar-refractivity contribution in [2.45, 2.75) is 32.7 Å². The van der Waals surface area contributed by atoms with Crippen LogP contribution in [0.1, 0.15) is 36.8 Å². The van der Waals surface area contributed by atoms with Gasteiger partial charge in [0.25, 0.3) is 0 Å². The van der Waals surface area contributed by atoms with Crippen LogP contribution in [-0.4, -0.2) is 46.5 Å². The summed E-state index contributed by atoms with van der Waals surface area (Å²) in [5.41, 5.74) is 3.38. The molecule has 0 aliphatic carbocycles. The lowest BCUT2D eigenvalue weighted by molar-refractivity contribution is -0.118. The van der Waals surface area contributed by atoms with Crippen molar-refractivity contribution < 1.29 is 4.79 Å². The zero-order valence-electron chi connectivity index (χ0n) is 16.0. The van der Waals surface area contributed by atoms with E-state index in [0.717, 1.165) is 44.0 Å². The molecule has 1 aliphatic rings. The highest BCUT2D eigenvalue weighted by Gasteiger charge is 2.28. The number of benzene rings is 1. The minimum Gasteiger partial charge on any atom is -0.337 e. The number of imidazole rings is 1. The number of hydrogen-bond donors (Lipinski definition) is 2. The Balaban J connectivity index is 1.74. The number of rotatable bonds is 6. The number of hydrogen-bond acceptors (Lipinski definition) is 4. The minimum atomic E-state index is 0.0432. The first-order valence-electron chi connectivity index (χ1n) is 9.46. The molecule has 1 unspecified atom stereocenters. The molecule has 1 atom stereocenters. The van der Waals surface area contributed by atoms with Gasteiger partial charge in [0.2, 0.25) is 5.91 Å². The fourth-order valence-corrected chi connectivity index (χ4v) is 3.65. The zero-order chi connectivity index (χ0) is 18.5. The quantitative estimate of drug-likeness (QED) is 0.833. The van der Waals surface area contributed by atoms with E-state index in [1.54, 1.807) is 0 Å². The van der Waals surface area contributed by atoms with Crippen LogP contribution in [-0.2, 0) is 24.7 Å². The largest absolute Gasteiger partial charge is 0.337 e. The Hall–Kier alpha value is -2.18. The first kappa shape index (κ1) is 18.6. The molecular formula is C20H29N5O. The van der Waals surface area contributed by atoms with Crippen LogP contribution in [0.4, 0.5) is 5.69 Å². The summed E-state index contributed by atoms with van der Waals surface area (Å²) in [7, 11) is 2.00. The second-order valence-corrected chi connectivity index (χ2v) is 6.79. The van der Waals surface area contributed by atoms with Crippen molar-refractivity contribution in [2.24, 2.45) is 7.05 Å². The molecule has 6 nitrogen and oxygen atoms in total. The first-order chi connectivity index (χ1) is 12.6. The number of aromatic nitrogens is 2. The Bertz CT molecular complexity index is 732. The lowest BCUT2D eigenvalue weighted by atomic mass is 10.0. The molecule has 0 radical (unpaired) electrons. The van der Waals surface area contributed by atoms with E-state index in [-0.39, 0.29) is 11.9 Å². The molecule has 1 saturated heterocycles. The molecule has 1 aliphatic heterocycles. The van der Waals surface area contributed by atoms with E-state index < -0.39 is 0 Å². The maximum absolute atomic E-state index is 12.8. The summed E-state index contributed by atoms with van der Waals surface area (Å²) in [6.07, 6.45) is 5.58. The van der Waals surface area contributed by atoms with Gasteiger partial charge in [0.05, 0.1) is 12.6 Å². The molecule has 140 valence electrons. The monoisotopic (exact) mass is 355 g/mol. The van der Waals surface area contributed by atoms with E-state index >= 15 is 0 Å². The number of piperazine rings is 1. The van der Waals surface area contributed by atoms with Crippen LogP contribution >= 0.6 is 0 Å². The molecule has 1 aromatic heterocycles. The van der Waals surface area contributed by atoms with Crippen LogP contribution in [0.5, 0.6) is 0 Å². The SMILES string of the molecule is CCc1cccc(CC)c1NC(=O)CN1CCNCC1c1nccn1C. The second kappa shape index (κ2) is 8.47. The van der Waals surface area contributed by atoms with Gasteiger partial charge in [-0.3, -0.25) is 9.69 Å². The number of anilines is 1. The van der Waals surface area contributed by atoms with Gasteiger partial charge in [0.15, 0.2) is 0 Å². The van der Waals surface area contributed by atoms with Gasteiger partial charge in [-0.05, 0) is 24.0 Å². The topological polar surface area (TPSA) is 62.2 Å². The van der Waals surface area contributed by atoms with Gasteiger partial charge >= 0.3 is 0 Å². The van der Waals surface area contributed by atoms with E-state index in [4.69, 9.17) is 0 Å². The molecule has 0 saturated carbocycles. The molecule has 1 aromatic carbocycles. The zero-order valence-corrected chi connectivity index (χ0v) is 16.0. The molecular weight excluding hydrogens is 326 g/mol. The number of carbonyl (C=O) groups excluding carboxylic acids is 1. The fourth-order valence-electron chi connectivity index (χ4n) is 3.65. The van der Waals surface area contributed by atoms with Crippen LogP contribution in [0.25, 0.3) is 0 Å². The Morgan fingerprint density at radius 1 is 1.31 bits per heavy atom. The number of para-hydroxylation sites is 1. The van der Waals surface area contributed by atoms with Crippen molar-refractivity contribution in [2.75, 3.05) is 31.5 Å². The number of nitrogens with zero attached hydrogens (tertiary/aromatic N) is 3. The molecule has 3 rings (SSSR count). The van der Waals surface area contributed by atoms with Crippen LogP contribution in [0.3, 0.4) is 0 Å². The molecule has 6 heteroatoms. The number of carbonyl (C=O) groups is 1. The highest BCUT2D eigenvalue weighted by molar-refractivity contribution is 5.93. The molecule has 0 spiro atoms. The molecule has 2 N–H and O–H groups in total. The predicted molar refractivity (Wildman–Crippen MR) is 104 cm³/mol. The maximum Gasteiger partial charge on any atom is 0.238 e. The molecule has 0 bridgehead atoms. The van der Waals surface area contributed by atoms with E-state index in [1.807, 2.05) is 24.0 Å². The molecule has 1 fully saturated rings. The van der Waals surface area contributed by atoms with Crippen molar-refractivity contribution >= 4 is 11.6 Å². The first-order valence-corrected chi connectivity index (χ1v) is 9.46. The molecule has 1 amide bonds. The van der Waals surface area contributed by atoms with Crippen LogP contribution in [0.15, 0.2) is 30.6 Å². The van der Waals surface area contributed by atoms with Gasteiger partial charge in [-0.2, -0.15) is 0 Å². The van der Waals surface area contributed by atoms with Gasteiger partial charge in [0.1, 0.15) is 5.82 Å². The minimum absolute atomic E-state index is 0.0432. The van der Waals surface area contributed by atoms with Gasteiger partial charge in [0, 0.05) is 44.8 Å².